The number of rotatable bonds is 59. The van der Waals surface area contributed by atoms with Crippen LogP contribution in [0.1, 0.15) is 188 Å². The smallest absolute Gasteiger partial charge is 0.307 e. The molecule has 12 atom stereocenters. The molecule has 1 saturated heterocycles. The van der Waals surface area contributed by atoms with E-state index in [1.807, 2.05) is 60.7 Å². The number of ketones is 4. The van der Waals surface area contributed by atoms with Gasteiger partial charge in [-0.2, -0.15) is 25.3 Å². The van der Waals surface area contributed by atoms with Gasteiger partial charge in [-0.3, -0.25) is 84.0 Å². The number of hydrogen-bond donors (Lipinski definition) is 25. The lowest BCUT2D eigenvalue weighted by Gasteiger charge is -2.34. The number of nitrogens with one attached hydrogen (secondary N) is 15. The number of aliphatic carboxylic acids is 1. The van der Waals surface area contributed by atoms with Crippen molar-refractivity contribution < 1.29 is 97.0 Å². The Morgan fingerprint density at radius 2 is 1.10 bits per heavy atom. The molecule has 9 rings (SSSR count). The van der Waals surface area contributed by atoms with Crippen molar-refractivity contribution in [2.45, 2.75) is 216 Å². The molecule has 0 radical (unpaired) electrons. The van der Waals surface area contributed by atoms with Gasteiger partial charge in [0.15, 0.2) is 41.0 Å². The second kappa shape index (κ2) is 54.7. The number of aromatic hydroxyl groups is 2. The third-order valence-corrected chi connectivity index (χ3v) is 26.1. The van der Waals surface area contributed by atoms with Gasteiger partial charge in [-0.05, 0) is 155 Å². The molecular formula is C102H138N20O20S2. The lowest BCUT2D eigenvalue weighted by atomic mass is 9.77. The van der Waals surface area contributed by atoms with Crippen LogP contribution < -0.4 is 80.8 Å². The van der Waals surface area contributed by atoms with Crippen molar-refractivity contribution >= 4 is 147 Å². The number of hydrogen-bond acceptors (Lipinski definition) is 25. The van der Waals surface area contributed by atoms with E-state index >= 15 is 28.8 Å². The summed E-state index contributed by atoms with van der Waals surface area (Å²) in [4.78, 5) is 194. The van der Waals surface area contributed by atoms with Gasteiger partial charge >= 0.3 is 5.97 Å². The highest BCUT2D eigenvalue weighted by Gasteiger charge is 2.45. The monoisotopic (exact) mass is 2030 g/mol. The van der Waals surface area contributed by atoms with Crippen LogP contribution in [0.4, 0.5) is 0 Å². The lowest BCUT2D eigenvalue weighted by Crippen LogP contribution is -2.59. The molecule has 3 heterocycles. The second-order valence-electron chi connectivity index (χ2n) is 38.2. The number of carbonyl (C=O) groups excluding carboxylic acids is 12. The van der Waals surface area contributed by atoms with E-state index in [0.717, 1.165) is 27.5 Å². The van der Waals surface area contributed by atoms with Crippen molar-refractivity contribution in [3.8, 4) is 23.0 Å². The molecule has 42 heteroatoms. The first-order valence-electron chi connectivity index (χ1n) is 48.3. The third kappa shape index (κ3) is 34.5. The summed E-state index contributed by atoms with van der Waals surface area (Å²) in [6.07, 6.45) is -1.38. The zero-order chi connectivity index (χ0) is 105. The second-order valence-corrected chi connectivity index (χ2v) is 39.7. The molecule has 7 aromatic rings. The molecule has 27 N–H and O–H groups in total. The molecule has 2 aliphatic rings. The minimum atomic E-state index is -1.54. The number of para-hydroxylation sites is 1. The number of phenols is 2. The van der Waals surface area contributed by atoms with Crippen LogP contribution in [0.25, 0.3) is 21.7 Å². The number of carboxylic acid groups (broad SMARTS) is 1. The summed E-state index contributed by atoms with van der Waals surface area (Å²) in [5.41, 5.74) is 26.3. The van der Waals surface area contributed by atoms with Gasteiger partial charge in [0.25, 0.3) is 5.91 Å². The number of unbranched alkanes of at least 4 members (excludes halogenated alkanes) is 1. The Hall–Kier alpha value is -13.7. The van der Waals surface area contributed by atoms with Gasteiger partial charge in [0, 0.05) is 145 Å². The predicted octanol–water partition coefficient (Wildman–Crippen LogP) is 5.90. The number of aromatic nitrogens is 1. The van der Waals surface area contributed by atoms with Crippen LogP contribution in [0.5, 0.6) is 23.0 Å². The van der Waals surface area contributed by atoms with Crippen molar-refractivity contribution in [2.24, 2.45) is 52.0 Å². The van der Waals surface area contributed by atoms with Gasteiger partial charge in [0.05, 0.1) is 61.7 Å². The number of phenolic OH excluding ortho intramolecular Hbond substituents is 2. The molecule has 1 aromatic heterocycles. The number of aliphatic hydroxyl groups is 1. The van der Waals surface area contributed by atoms with Crippen molar-refractivity contribution in [1.29, 1.82) is 21.6 Å². The highest BCUT2D eigenvalue weighted by molar-refractivity contribution is 7.81. The number of ether oxygens (including phenoxy) is 3. The first-order chi connectivity index (χ1) is 68.4. The lowest BCUT2D eigenvalue weighted by molar-refractivity contribution is -0.148. The molecule has 778 valence electrons. The molecule has 144 heavy (non-hydrogen) atoms. The molecule has 6 aromatic carbocycles. The fourth-order valence-electron chi connectivity index (χ4n) is 17.7. The number of aromatic amines is 1. The molecule has 0 bridgehead atoms. The number of amides is 8. The molecule has 8 amide bonds. The van der Waals surface area contributed by atoms with E-state index in [-0.39, 0.29) is 183 Å². The van der Waals surface area contributed by atoms with Crippen molar-refractivity contribution in [1.82, 2.24) is 63.1 Å². The zero-order valence-corrected chi connectivity index (χ0v) is 83.8. The van der Waals surface area contributed by atoms with Crippen LogP contribution in [0, 0.1) is 50.7 Å². The molecule has 1 fully saturated rings. The molecule has 0 aliphatic carbocycles. The van der Waals surface area contributed by atoms with Crippen molar-refractivity contribution in [3.05, 3.63) is 167 Å². The Kier molecular flexibility index (Phi) is 43.2. The fourth-order valence-corrected chi connectivity index (χ4v) is 18.2. The van der Waals surface area contributed by atoms with Gasteiger partial charge in [-0.25, -0.2) is 0 Å². The van der Waals surface area contributed by atoms with Crippen LogP contribution in [0.2, 0.25) is 0 Å². The van der Waals surface area contributed by atoms with Gasteiger partial charge in [0.2, 0.25) is 41.4 Å². The fraction of sp³-hybridized carbons (Fsp3) is 0.480. The number of likely N-dealkylation sites (tertiary alicyclic amines) is 1. The number of amidine groups is 1. The number of carbonyl (C=O) groups is 13. The quantitative estimate of drug-likeness (QED) is 0.00912. The number of nitrogens with zero attached hydrogens (tertiary/aromatic N) is 1. The van der Waals surface area contributed by atoms with Crippen LogP contribution >= 0.6 is 25.3 Å². The van der Waals surface area contributed by atoms with Gasteiger partial charge in [0.1, 0.15) is 53.8 Å². The number of guanidine groups is 3. The molecule has 0 unspecified atom stereocenters. The highest BCUT2D eigenvalue weighted by atomic mass is 32.1. The summed E-state index contributed by atoms with van der Waals surface area (Å²) in [6.45, 7) is 9.06. The summed E-state index contributed by atoms with van der Waals surface area (Å²) in [5, 5.41) is 103. The zero-order valence-electron chi connectivity index (χ0n) is 82.0. The number of fused-ring (bicyclic) bond motifs is 4. The van der Waals surface area contributed by atoms with E-state index in [9.17, 15) is 54.0 Å². The van der Waals surface area contributed by atoms with Crippen LogP contribution in [-0.4, -0.2) is 248 Å². The van der Waals surface area contributed by atoms with E-state index in [1.54, 1.807) is 81.6 Å². The Labute approximate surface area is 847 Å². The van der Waals surface area contributed by atoms with Crippen LogP contribution in [0.3, 0.4) is 0 Å². The standard InChI is InChI=1S/C102H138N20O20S2/c1-57(123)71(93(134)118-76(24-15-39-114-100(109)110)82(128)53-72(97(138)139)101(2,3)4)52-83(129)89(102(5,6)144)121-95(136)79-25-16-41-122(79)96(137)77(47-65-54-115-73-21-10-9-20-68(65)73)120-92(133)64(46-58-27-28-59-17-7-8-18-62(59)45-58)49-81(127)75(23-14-38-113-99(107)108)117-91(132)63(19-13-37-112-98(105)106)48-80(126)74(22-11-12-26-86(103)104)119-94(135)78(56-143)116-87(130)55-141-44-43-140-42-40-111-90(131)61-31-29-60(30-32-61)88-69-35-33-66(124)50-84(69)142-85-51-67(125)34-36-70(85)88/h7-10,17-18,20-21,27-36,45,50-51,54,57,63-64,71-72,74-79,88-89,115,123-125,143-144H,11-16,19,22-26,37-44,46-49,52-53,55-56H2,1-6H3,(H3,103,104)(H,111,131)(H,116,130)(H,117,132)(H,118,134)(H,119,135)(H,120,133)(H,121,136)(H,138,139)(H4,105,106,112)(H4,107,108,113)(H4,109,110,114)/t57-,63-,64-,71+,72-,74+,75+,76+,77+,78+,79+,89-/m1/s1. The minimum absolute atomic E-state index is 0.00806. The Balaban J connectivity index is 0.893. The highest BCUT2D eigenvalue weighted by Crippen LogP contribution is 2.49. The van der Waals surface area contributed by atoms with E-state index in [4.69, 9.17) is 71.4 Å². The topological polar surface area (TPSA) is 669 Å². The minimum Gasteiger partial charge on any atom is -0.508 e. The van der Waals surface area contributed by atoms with Gasteiger partial charge in [-0.15, -0.1) is 0 Å². The largest absolute Gasteiger partial charge is 0.508 e. The number of Topliss-reactive ketones (excluding diaryl/α,β-unsaturated/α-hetero) is 4. The Morgan fingerprint density at radius 1 is 0.556 bits per heavy atom. The average molecular weight is 2030 g/mol. The third-order valence-electron chi connectivity index (χ3n) is 25.5. The Bertz CT molecular complexity index is 5680. The molecular weight excluding hydrogens is 1890 g/mol. The average Bonchev–Trinajstić information content (AvgIpc) is 0.834. The maximum atomic E-state index is 15.9. The summed E-state index contributed by atoms with van der Waals surface area (Å²) < 4.78 is 15.9. The maximum absolute atomic E-state index is 15.9. The number of thiol groups is 2. The first kappa shape index (κ1) is 114. The van der Waals surface area contributed by atoms with Gasteiger partial charge in [-0.1, -0.05) is 112 Å². The summed E-state index contributed by atoms with van der Waals surface area (Å²) in [6, 6.07) is 27.1. The maximum Gasteiger partial charge on any atom is 0.307 e. The van der Waals surface area contributed by atoms with Crippen molar-refractivity contribution in [3.63, 3.8) is 0 Å². The summed E-state index contributed by atoms with van der Waals surface area (Å²) in [7, 11) is 0. The van der Waals surface area contributed by atoms with Crippen LogP contribution in [-0.2, 0) is 79.8 Å². The van der Waals surface area contributed by atoms with E-state index in [2.05, 4.69) is 70.8 Å². The molecule has 0 spiro atoms. The van der Waals surface area contributed by atoms with E-state index in [1.165, 1.54) is 37.8 Å². The van der Waals surface area contributed by atoms with Gasteiger partial charge < -0.3 is 121 Å². The van der Waals surface area contributed by atoms with Crippen molar-refractivity contribution in [2.75, 3.05) is 64.9 Å². The van der Waals surface area contributed by atoms with E-state index in [0.29, 0.717) is 45.5 Å². The first-order valence-corrected chi connectivity index (χ1v) is 49.4. The molecule has 2 aliphatic heterocycles. The summed E-state index contributed by atoms with van der Waals surface area (Å²) >= 11 is 9.12. The number of aliphatic hydroxyl groups excluding tert-OH is 1. The molecule has 0 saturated carbocycles. The number of benzene rings is 6. The number of nitrogens with two attached hydrogens (primary N) is 4. The van der Waals surface area contributed by atoms with Crippen LogP contribution in [0.15, 0.2) is 134 Å². The number of H-pyrrole nitrogens is 1. The Morgan fingerprint density at radius 3 is 1.69 bits per heavy atom. The normalized spacial score (nSPS) is 15.3. The number of carboxylic acids is 1. The predicted molar refractivity (Wildman–Crippen MR) is 550 cm³/mol. The SMILES string of the molecule is C[C@@H](O)[C@H](CC(=O)[C@@H](NC(=O)[C@@H]1CCCN1C(=O)[C@H](Cc1c[nH]c2ccccc12)NC(=O)[C@@H](CC(=O)[C@H](CCCNC(=N)N)NC(=O)[C@H](CCCNC(=N)N)CC(=O)[C@H](CCCCC(=N)N)NC(=O)[C@H](CS)NC(=O)COCCOCCNC(=O)c1ccc(C2c3ccc(O)cc3Oc3cc(O)ccc32)cc1)Cc1ccc2ccccc2c1)C(C)(C)S)C(=O)N[C@@H](CCCNC(=N)N)C(=O)C[C@H](C(=O)O)C(C)(C)C. The summed E-state index contributed by atoms with van der Waals surface area (Å²) in [5.74, 6) is -16.2. The van der Waals surface area contributed by atoms with E-state index < -0.39 is 191 Å². The molecule has 40 nitrogen and oxygen atoms in total.